The second-order valence-corrected chi connectivity index (χ2v) is 6.05. The number of aliphatic hydroxyl groups is 1. The van der Waals surface area contributed by atoms with Gasteiger partial charge in [-0.05, 0) is 38.6 Å². The molecule has 0 aliphatic carbocycles. The third kappa shape index (κ3) is 4.01. The van der Waals surface area contributed by atoms with Crippen molar-refractivity contribution in [1.29, 1.82) is 0 Å². The molecule has 1 aromatic heterocycles. The Balaban J connectivity index is 1.82. The Hall–Kier alpha value is -0.940. The zero-order valence-electron chi connectivity index (χ0n) is 12.3. The van der Waals surface area contributed by atoms with Crippen molar-refractivity contribution in [3.63, 3.8) is 0 Å². The Morgan fingerprint density at radius 2 is 2.00 bits per heavy atom. The third-order valence-electron chi connectivity index (χ3n) is 3.91. The number of hydrogen-bond acceptors (Lipinski definition) is 4. The average molecular weight is 266 g/mol. The van der Waals surface area contributed by atoms with Crippen LogP contribution in [0.3, 0.4) is 0 Å². The summed E-state index contributed by atoms with van der Waals surface area (Å²) < 4.78 is 1.93. The molecule has 0 aromatic carbocycles. The number of hydrogen-bond donors (Lipinski definition) is 1. The van der Waals surface area contributed by atoms with Gasteiger partial charge < -0.3 is 10.0 Å². The molecule has 1 aromatic rings. The quantitative estimate of drug-likeness (QED) is 0.886. The Morgan fingerprint density at radius 3 is 2.53 bits per heavy atom. The number of aliphatic hydroxyl groups excluding tert-OH is 1. The van der Waals surface area contributed by atoms with E-state index >= 15 is 0 Å². The maximum atomic E-state index is 9.48. The van der Waals surface area contributed by atoms with Gasteiger partial charge in [-0.25, -0.2) is 4.68 Å². The standard InChI is InChI=1S/C14H26N4O/c1-11(2)4-7-17-8-5-13(6-9-17)18-10-14(12(3)19)15-16-18/h10-13,19H,4-9H2,1-3H3. The van der Waals surface area contributed by atoms with Gasteiger partial charge in [-0.3, -0.25) is 0 Å². The van der Waals surface area contributed by atoms with Crippen molar-refractivity contribution in [1.82, 2.24) is 19.9 Å². The lowest BCUT2D eigenvalue weighted by Crippen LogP contribution is -2.35. The molecule has 0 bridgehead atoms. The van der Waals surface area contributed by atoms with E-state index in [0.717, 1.165) is 31.8 Å². The largest absolute Gasteiger partial charge is 0.387 e. The molecule has 2 rings (SSSR count). The number of likely N-dealkylation sites (tertiary alicyclic amines) is 1. The predicted octanol–water partition coefficient (Wildman–Crippen LogP) is 2.01. The van der Waals surface area contributed by atoms with E-state index in [9.17, 15) is 5.11 Å². The lowest BCUT2D eigenvalue weighted by atomic mass is 10.0. The number of rotatable bonds is 5. The SMILES string of the molecule is CC(C)CCN1CCC(n2cc(C(C)O)nn2)CC1. The second kappa shape index (κ2) is 6.48. The van der Waals surface area contributed by atoms with E-state index < -0.39 is 6.10 Å². The molecule has 0 saturated carbocycles. The van der Waals surface area contributed by atoms with Gasteiger partial charge in [0.15, 0.2) is 0 Å². The molecule has 5 heteroatoms. The van der Waals surface area contributed by atoms with Crippen LogP contribution in [-0.4, -0.2) is 44.6 Å². The van der Waals surface area contributed by atoms with Crippen LogP contribution in [0.15, 0.2) is 6.20 Å². The van der Waals surface area contributed by atoms with Gasteiger partial charge in [0.1, 0.15) is 5.69 Å². The van der Waals surface area contributed by atoms with Crippen LogP contribution in [-0.2, 0) is 0 Å². The van der Waals surface area contributed by atoms with Crippen LogP contribution >= 0.6 is 0 Å². The van der Waals surface area contributed by atoms with Crippen LogP contribution in [0, 0.1) is 5.92 Å². The van der Waals surface area contributed by atoms with E-state index in [1.165, 1.54) is 13.0 Å². The fourth-order valence-electron chi connectivity index (χ4n) is 2.51. The minimum absolute atomic E-state index is 0.440. The zero-order valence-corrected chi connectivity index (χ0v) is 12.3. The molecule has 0 spiro atoms. The van der Waals surface area contributed by atoms with Crippen molar-refractivity contribution in [2.75, 3.05) is 19.6 Å². The molecule has 1 aliphatic rings. The Labute approximate surface area is 115 Å². The minimum Gasteiger partial charge on any atom is -0.387 e. The van der Waals surface area contributed by atoms with Crippen LogP contribution in [0.4, 0.5) is 0 Å². The molecule has 0 amide bonds. The van der Waals surface area contributed by atoms with Gasteiger partial charge in [0.25, 0.3) is 0 Å². The molecular formula is C14H26N4O. The lowest BCUT2D eigenvalue weighted by Gasteiger charge is -2.32. The Bertz CT molecular complexity index is 381. The molecule has 1 saturated heterocycles. The summed E-state index contributed by atoms with van der Waals surface area (Å²) >= 11 is 0. The molecule has 1 aliphatic heterocycles. The summed E-state index contributed by atoms with van der Waals surface area (Å²) in [6.45, 7) is 9.77. The fourth-order valence-corrected chi connectivity index (χ4v) is 2.51. The normalized spacial score (nSPS) is 20.1. The first-order valence-corrected chi connectivity index (χ1v) is 7.38. The highest BCUT2D eigenvalue weighted by Gasteiger charge is 2.22. The van der Waals surface area contributed by atoms with Crippen LogP contribution in [0.1, 0.15) is 57.9 Å². The summed E-state index contributed by atoms with van der Waals surface area (Å²) in [5.74, 6) is 0.779. The summed E-state index contributed by atoms with van der Waals surface area (Å²) in [7, 11) is 0. The molecule has 19 heavy (non-hydrogen) atoms. The first-order valence-electron chi connectivity index (χ1n) is 7.38. The molecule has 5 nitrogen and oxygen atoms in total. The van der Waals surface area contributed by atoms with E-state index in [0.29, 0.717) is 11.7 Å². The molecule has 1 unspecified atom stereocenters. The van der Waals surface area contributed by atoms with Crippen molar-refractivity contribution < 1.29 is 5.11 Å². The number of aromatic nitrogens is 3. The van der Waals surface area contributed by atoms with Crippen molar-refractivity contribution in [3.05, 3.63) is 11.9 Å². The molecule has 2 heterocycles. The summed E-state index contributed by atoms with van der Waals surface area (Å²) in [6, 6.07) is 0.440. The first-order chi connectivity index (χ1) is 9.06. The summed E-state index contributed by atoms with van der Waals surface area (Å²) in [5, 5.41) is 17.6. The van der Waals surface area contributed by atoms with Crippen molar-refractivity contribution in [3.8, 4) is 0 Å². The van der Waals surface area contributed by atoms with Crippen LogP contribution in [0.2, 0.25) is 0 Å². The maximum Gasteiger partial charge on any atom is 0.111 e. The summed E-state index contributed by atoms with van der Waals surface area (Å²) in [4.78, 5) is 2.54. The topological polar surface area (TPSA) is 54.2 Å². The van der Waals surface area contributed by atoms with Gasteiger partial charge in [-0.2, -0.15) is 0 Å². The van der Waals surface area contributed by atoms with Gasteiger partial charge >= 0.3 is 0 Å². The molecule has 0 radical (unpaired) electrons. The minimum atomic E-state index is -0.528. The van der Waals surface area contributed by atoms with Gasteiger partial charge in [-0.15, -0.1) is 5.10 Å². The fraction of sp³-hybridized carbons (Fsp3) is 0.857. The zero-order chi connectivity index (χ0) is 13.8. The smallest absolute Gasteiger partial charge is 0.111 e. The van der Waals surface area contributed by atoms with Crippen LogP contribution in [0.25, 0.3) is 0 Å². The van der Waals surface area contributed by atoms with Gasteiger partial charge in [0.2, 0.25) is 0 Å². The molecule has 1 atom stereocenters. The van der Waals surface area contributed by atoms with E-state index in [2.05, 4.69) is 29.1 Å². The summed E-state index contributed by atoms with van der Waals surface area (Å²) in [5.41, 5.74) is 0.669. The lowest BCUT2D eigenvalue weighted by molar-refractivity contribution is 0.171. The highest BCUT2D eigenvalue weighted by atomic mass is 16.3. The number of piperidine rings is 1. The van der Waals surface area contributed by atoms with Gasteiger partial charge in [-0.1, -0.05) is 19.1 Å². The van der Waals surface area contributed by atoms with E-state index in [1.807, 2.05) is 10.9 Å². The Kier molecular flexibility index (Phi) is 4.93. The monoisotopic (exact) mass is 266 g/mol. The maximum absolute atomic E-state index is 9.48. The van der Waals surface area contributed by atoms with E-state index in [4.69, 9.17) is 0 Å². The second-order valence-electron chi connectivity index (χ2n) is 6.05. The Morgan fingerprint density at radius 1 is 1.32 bits per heavy atom. The van der Waals surface area contributed by atoms with Crippen LogP contribution < -0.4 is 0 Å². The highest BCUT2D eigenvalue weighted by molar-refractivity contribution is 4.97. The molecule has 1 N–H and O–H groups in total. The highest BCUT2D eigenvalue weighted by Crippen LogP contribution is 2.23. The van der Waals surface area contributed by atoms with E-state index in [1.54, 1.807) is 6.92 Å². The molecular weight excluding hydrogens is 240 g/mol. The summed E-state index contributed by atoms with van der Waals surface area (Å²) in [6.07, 6.45) is 4.89. The van der Waals surface area contributed by atoms with Crippen molar-refractivity contribution in [2.24, 2.45) is 5.92 Å². The third-order valence-corrected chi connectivity index (χ3v) is 3.91. The van der Waals surface area contributed by atoms with Gasteiger partial charge in [0, 0.05) is 13.1 Å². The van der Waals surface area contributed by atoms with Gasteiger partial charge in [0.05, 0.1) is 18.3 Å². The van der Waals surface area contributed by atoms with Crippen molar-refractivity contribution in [2.45, 2.75) is 52.2 Å². The predicted molar refractivity (Wildman–Crippen MR) is 74.8 cm³/mol. The number of nitrogens with zero attached hydrogens (tertiary/aromatic N) is 4. The first kappa shape index (κ1) is 14.5. The molecule has 1 fully saturated rings. The van der Waals surface area contributed by atoms with Crippen LogP contribution in [0.5, 0.6) is 0 Å². The van der Waals surface area contributed by atoms with Crippen molar-refractivity contribution >= 4 is 0 Å². The average Bonchev–Trinajstić information content (AvgIpc) is 2.86. The van der Waals surface area contributed by atoms with E-state index in [-0.39, 0.29) is 0 Å². The molecule has 108 valence electrons.